The van der Waals surface area contributed by atoms with E-state index < -0.39 is 17.6 Å². The van der Waals surface area contributed by atoms with Crippen molar-refractivity contribution in [1.82, 2.24) is 5.32 Å². The Morgan fingerprint density at radius 2 is 1.44 bits per heavy atom. The maximum absolute atomic E-state index is 14.4. The van der Waals surface area contributed by atoms with Gasteiger partial charge in [-0.1, -0.05) is 54.1 Å². The third kappa shape index (κ3) is 7.34. The number of benzene rings is 4. The molecule has 0 aromatic heterocycles. The van der Waals surface area contributed by atoms with E-state index >= 15 is 0 Å². The first kappa shape index (κ1) is 27.2. The van der Waals surface area contributed by atoms with Crippen LogP contribution in [0.2, 0.25) is 5.02 Å². The third-order valence-corrected chi connectivity index (χ3v) is 5.87. The maximum Gasteiger partial charge on any atom is 0.272 e. The van der Waals surface area contributed by atoms with Crippen molar-refractivity contribution in [2.75, 3.05) is 5.32 Å². The van der Waals surface area contributed by atoms with Gasteiger partial charge in [0.25, 0.3) is 11.8 Å². The Morgan fingerprint density at radius 3 is 2.10 bits per heavy atom. The van der Waals surface area contributed by atoms with Crippen LogP contribution in [-0.2, 0) is 4.79 Å². The zero-order chi connectivity index (χ0) is 27.8. The average Bonchev–Trinajstić information content (AvgIpc) is 2.94. The largest absolute Gasteiger partial charge is 0.321 e. The molecule has 0 bridgehead atoms. The van der Waals surface area contributed by atoms with Crippen LogP contribution in [0.5, 0.6) is 0 Å². The van der Waals surface area contributed by atoms with Crippen LogP contribution in [-0.4, -0.2) is 17.6 Å². The predicted molar refractivity (Wildman–Crippen MR) is 148 cm³/mol. The monoisotopic (exact) mass is 542 g/mol. The molecule has 0 unspecified atom stereocenters. The van der Waals surface area contributed by atoms with Gasteiger partial charge in [-0.2, -0.15) is 0 Å². The fourth-order valence-corrected chi connectivity index (χ4v) is 3.71. The van der Waals surface area contributed by atoms with Gasteiger partial charge in [0.2, 0.25) is 0 Å². The number of ketones is 1. The lowest BCUT2D eigenvalue weighted by Gasteiger charge is -2.12. The molecule has 4 aromatic rings. The summed E-state index contributed by atoms with van der Waals surface area (Å²) < 4.78 is 27.5. The predicted octanol–water partition coefficient (Wildman–Crippen LogP) is 6.92. The maximum atomic E-state index is 14.4. The van der Waals surface area contributed by atoms with Crippen molar-refractivity contribution in [1.29, 1.82) is 0 Å². The molecular formula is C31H21ClF2N2O3. The number of carbonyl (C=O) groups is 3. The highest BCUT2D eigenvalue weighted by atomic mass is 35.5. The topological polar surface area (TPSA) is 75.3 Å². The molecule has 2 amide bonds. The number of nitrogens with one attached hydrogen (secondary N) is 2. The molecule has 0 fully saturated rings. The van der Waals surface area contributed by atoms with E-state index in [-0.39, 0.29) is 27.9 Å². The lowest BCUT2D eigenvalue weighted by Crippen LogP contribution is -2.30. The van der Waals surface area contributed by atoms with E-state index in [4.69, 9.17) is 11.6 Å². The molecule has 8 heteroatoms. The molecule has 0 radical (unpaired) electrons. The highest BCUT2D eigenvalue weighted by molar-refractivity contribution is 6.32. The van der Waals surface area contributed by atoms with Gasteiger partial charge in [-0.25, -0.2) is 8.78 Å². The summed E-state index contributed by atoms with van der Waals surface area (Å²) in [5.74, 6) is -2.63. The van der Waals surface area contributed by atoms with E-state index in [1.54, 1.807) is 48.5 Å². The van der Waals surface area contributed by atoms with Crippen LogP contribution in [0.1, 0.15) is 31.8 Å². The molecule has 4 aromatic carbocycles. The van der Waals surface area contributed by atoms with Crippen molar-refractivity contribution in [2.45, 2.75) is 0 Å². The summed E-state index contributed by atoms with van der Waals surface area (Å²) in [5.41, 5.74) is 1.36. The Bertz CT molecular complexity index is 1550. The zero-order valence-corrected chi connectivity index (χ0v) is 21.1. The van der Waals surface area contributed by atoms with E-state index in [9.17, 15) is 23.2 Å². The van der Waals surface area contributed by atoms with Crippen LogP contribution in [0.25, 0.3) is 12.2 Å². The van der Waals surface area contributed by atoms with E-state index in [1.165, 1.54) is 60.7 Å². The Kier molecular flexibility index (Phi) is 8.76. The van der Waals surface area contributed by atoms with Gasteiger partial charge in [-0.15, -0.1) is 0 Å². The van der Waals surface area contributed by atoms with Gasteiger partial charge in [0, 0.05) is 22.4 Å². The number of rotatable bonds is 8. The first-order chi connectivity index (χ1) is 18.8. The highest BCUT2D eigenvalue weighted by Crippen LogP contribution is 2.22. The molecule has 0 aliphatic rings. The van der Waals surface area contributed by atoms with Gasteiger partial charge >= 0.3 is 0 Å². The normalized spacial score (nSPS) is 11.3. The fourth-order valence-electron chi connectivity index (χ4n) is 3.49. The molecule has 0 aliphatic carbocycles. The van der Waals surface area contributed by atoms with Gasteiger partial charge in [0.1, 0.15) is 17.3 Å². The van der Waals surface area contributed by atoms with Gasteiger partial charge in [0.05, 0.1) is 5.02 Å². The summed E-state index contributed by atoms with van der Waals surface area (Å²) in [4.78, 5) is 38.4. The van der Waals surface area contributed by atoms with Crippen LogP contribution in [0.3, 0.4) is 0 Å². The van der Waals surface area contributed by atoms with Gasteiger partial charge in [-0.05, 0) is 78.4 Å². The summed E-state index contributed by atoms with van der Waals surface area (Å²) in [6.45, 7) is 0. The van der Waals surface area contributed by atoms with Crippen LogP contribution < -0.4 is 10.6 Å². The van der Waals surface area contributed by atoms with Crippen LogP contribution >= 0.6 is 11.6 Å². The molecule has 39 heavy (non-hydrogen) atoms. The molecule has 5 nitrogen and oxygen atoms in total. The number of carbonyl (C=O) groups excluding carboxylic acids is 3. The molecular weight excluding hydrogens is 522 g/mol. The smallest absolute Gasteiger partial charge is 0.272 e. The molecule has 0 aliphatic heterocycles. The van der Waals surface area contributed by atoms with Crippen molar-refractivity contribution in [3.63, 3.8) is 0 Å². The minimum absolute atomic E-state index is 0.0609. The summed E-state index contributed by atoms with van der Waals surface area (Å²) in [6, 6.07) is 24.1. The van der Waals surface area contributed by atoms with Crippen molar-refractivity contribution in [3.05, 3.63) is 148 Å². The number of amides is 2. The summed E-state index contributed by atoms with van der Waals surface area (Å²) in [5, 5.41) is 5.22. The van der Waals surface area contributed by atoms with E-state index in [1.807, 2.05) is 0 Å². The summed E-state index contributed by atoms with van der Waals surface area (Å²) in [7, 11) is 0. The molecule has 0 heterocycles. The van der Waals surface area contributed by atoms with E-state index in [2.05, 4.69) is 10.6 Å². The van der Waals surface area contributed by atoms with Crippen molar-refractivity contribution in [2.24, 2.45) is 0 Å². The molecule has 0 saturated heterocycles. The number of hydrogen-bond donors (Lipinski definition) is 2. The molecule has 2 N–H and O–H groups in total. The fraction of sp³-hybridized carbons (Fsp3) is 0. The van der Waals surface area contributed by atoms with Crippen molar-refractivity contribution in [3.8, 4) is 0 Å². The van der Waals surface area contributed by atoms with Crippen molar-refractivity contribution < 1.29 is 23.2 Å². The zero-order valence-electron chi connectivity index (χ0n) is 20.3. The van der Waals surface area contributed by atoms with Crippen molar-refractivity contribution >= 4 is 47.0 Å². The van der Waals surface area contributed by atoms with E-state index in [0.29, 0.717) is 22.4 Å². The Balaban J connectivity index is 1.52. The van der Waals surface area contributed by atoms with Gasteiger partial charge in [0.15, 0.2) is 5.78 Å². The Morgan fingerprint density at radius 1 is 0.744 bits per heavy atom. The second-order valence-electron chi connectivity index (χ2n) is 8.29. The third-order valence-electron chi connectivity index (χ3n) is 5.54. The number of anilines is 1. The summed E-state index contributed by atoms with van der Waals surface area (Å²) in [6.07, 6.45) is 4.09. The van der Waals surface area contributed by atoms with Crippen LogP contribution in [0, 0.1) is 11.6 Å². The van der Waals surface area contributed by atoms with Gasteiger partial charge < -0.3 is 10.6 Å². The van der Waals surface area contributed by atoms with E-state index in [0.717, 1.165) is 6.08 Å². The standard InChI is InChI=1S/C31H21ClF2N2O3/c32-26-7-4-8-27(34)25(26)19-28(36-30(38)22-5-2-1-3-6-22)31(39)35-24-16-12-21(13-17-24)29(37)18-11-20-9-14-23(33)15-10-20/h1-19H,(H,35,39)(H,36,38)/b18-11+,28-19-. The Hall–Kier alpha value is -4.88. The lowest BCUT2D eigenvalue weighted by molar-refractivity contribution is -0.113. The SMILES string of the molecule is O=C(Nc1ccc(C(=O)/C=C/c2ccc(F)cc2)cc1)/C(=C/c1c(F)cccc1Cl)NC(=O)c1ccccc1. The number of hydrogen-bond acceptors (Lipinski definition) is 3. The first-order valence-corrected chi connectivity index (χ1v) is 12.1. The summed E-state index contributed by atoms with van der Waals surface area (Å²) >= 11 is 6.13. The number of allylic oxidation sites excluding steroid dienone is 1. The average molecular weight is 543 g/mol. The first-order valence-electron chi connectivity index (χ1n) is 11.7. The highest BCUT2D eigenvalue weighted by Gasteiger charge is 2.17. The molecule has 0 spiro atoms. The molecule has 0 atom stereocenters. The second kappa shape index (κ2) is 12.6. The quantitative estimate of drug-likeness (QED) is 0.187. The number of halogens is 3. The molecule has 4 rings (SSSR count). The molecule has 194 valence electrons. The lowest BCUT2D eigenvalue weighted by atomic mass is 10.1. The second-order valence-corrected chi connectivity index (χ2v) is 8.70. The molecule has 0 saturated carbocycles. The minimum atomic E-state index is -0.728. The minimum Gasteiger partial charge on any atom is -0.321 e. The van der Waals surface area contributed by atoms with Crippen LogP contribution in [0.15, 0.2) is 109 Å². The van der Waals surface area contributed by atoms with Crippen LogP contribution in [0.4, 0.5) is 14.5 Å². The van der Waals surface area contributed by atoms with Gasteiger partial charge in [-0.3, -0.25) is 14.4 Å². The Labute approximate surface area is 228 Å².